The van der Waals surface area contributed by atoms with Gasteiger partial charge in [-0.15, -0.1) is 0 Å². The zero-order chi connectivity index (χ0) is 13.9. The minimum Gasteiger partial charge on any atom is -0.386 e. The Kier molecular flexibility index (Phi) is 5.39. The highest BCUT2D eigenvalue weighted by Gasteiger charge is 2.26. The van der Waals surface area contributed by atoms with Crippen molar-refractivity contribution in [2.24, 2.45) is 0 Å². The summed E-state index contributed by atoms with van der Waals surface area (Å²) >= 11 is 11.8. The van der Waals surface area contributed by atoms with Gasteiger partial charge < -0.3 is 5.11 Å². The van der Waals surface area contributed by atoms with E-state index < -0.39 is 22.5 Å². The molecule has 0 amide bonds. The van der Waals surface area contributed by atoms with Crippen molar-refractivity contribution in [2.45, 2.75) is 19.1 Å². The van der Waals surface area contributed by atoms with Crippen LogP contribution in [0, 0.1) is 0 Å². The summed E-state index contributed by atoms with van der Waals surface area (Å²) in [6.07, 6.45) is -2.28. The number of nitrogens with one attached hydrogen (secondary N) is 1. The van der Waals surface area contributed by atoms with Crippen molar-refractivity contribution in [3.8, 4) is 0 Å². The minimum absolute atomic E-state index is 0.236. The van der Waals surface area contributed by atoms with Crippen molar-refractivity contribution < 1.29 is 17.7 Å². The van der Waals surface area contributed by atoms with E-state index in [4.69, 9.17) is 27.4 Å². The summed E-state index contributed by atoms with van der Waals surface area (Å²) in [6, 6.07) is 4.72. The molecule has 0 saturated heterocycles. The molecule has 0 saturated carbocycles. The summed E-state index contributed by atoms with van der Waals surface area (Å²) < 4.78 is 29.1. The van der Waals surface area contributed by atoms with Crippen LogP contribution in [0.2, 0.25) is 10.0 Å². The standard InChI is InChI=1S/C10H13Cl2NO4S/c1-6(17-18(15,16)13-2)10(14)9-7(11)4-3-5-8(9)12/h3-6,10,13-14H,1-2H3/t6-,10+/m1/s1. The van der Waals surface area contributed by atoms with Gasteiger partial charge in [0.15, 0.2) is 0 Å². The molecular weight excluding hydrogens is 301 g/mol. The van der Waals surface area contributed by atoms with Crippen molar-refractivity contribution in [2.75, 3.05) is 7.05 Å². The van der Waals surface area contributed by atoms with Gasteiger partial charge in [0, 0.05) is 22.7 Å². The molecule has 0 aliphatic rings. The molecule has 2 atom stereocenters. The summed E-state index contributed by atoms with van der Waals surface area (Å²) in [5, 5.41) is 10.5. The van der Waals surface area contributed by atoms with E-state index in [2.05, 4.69) is 0 Å². The van der Waals surface area contributed by atoms with Crippen molar-refractivity contribution in [3.05, 3.63) is 33.8 Å². The first-order valence-corrected chi connectivity index (χ1v) is 7.18. The van der Waals surface area contributed by atoms with Crippen LogP contribution in [-0.4, -0.2) is 26.7 Å². The van der Waals surface area contributed by atoms with Crippen LogP contribution in [0.15, 0.2) is 18.2 Å². The van der Waals surface area contributed by atoms with Gasteiger partial charge in [0.05, 0.1) is 0 Å². The van der Waals surface area contributed by atoms with Crippen molar-refractivity contribution >= 4 is 33.5 Å². The number of hydrogen-bond donors (Lipinski definition) is 2. The number of aliphatic hydroxyl groups is 1. The van der Waals surface area contributed by atoms with Crippen molar-refractivity contribution in [1.29, 1.82) is 0 Å². The lowest BCUT2D eigenvalue weighted by Crippen LogP contribution is -2.29. The zero-order valence-electron chi connectivity index (χ0n) is 9.72. The van der Waals surface area contributed by atoms with Crippen LogP contribution in [0.4, 0.5) is 0 Å². The van der Waals surface area contributed by atoms with E-state index in [0.717, 1.165) is 0 Å². The van der Waals surface area contributed by atoms with E-state index in [1.807, 2.05) is 4.72 Å². The van der Waals surface area contributed by atoms with Crippen molar-refractivity contribution in [3.63, 3.8) is 0 Å². The first-order valence-electron chi connectivity index (χ1n) is 5.02. The molecule has 0 radical (unpaired) electrons. The van der Waals surface area contributed by atoms with Crippen LogP contribution in [0.3, 0.4) is 0 Å². The molecule has 1 aromatic rings. The highest BCUT2D eigenvalue weighted by Crippen LogP contribution is 2.33. The topological polar surface area (TPSA) is 75.6 Å². The van der Waals surface area contributed by atoms with Gasteiger partial charge in [-0.05, 0) is 19.1 Å². The van der Waals surface area contributed by atoms with E-state index in [0.29, 0.717) is 0 Å². The van der Waals surface area contributed by atoms with Gasteiger partial charge in [0.1, 0.15) is 12.2 Å². The molecule has 0 aliphatic carbocycles. The van der Waals surface area contributed by atoms with Gasteiger partial charge in [-0.3, -0.25) is 4.18 Å². The summed E-state index contributed by atoms with van der Waals surface area (Å²) in [6.45, 7) is 1.40. The second-order valence-electron chi connectivity index (χ2n) is 3.54. The van der Waals surface area contributed by atoms with Crippen LogP contribution in [0.5, 0.6) is 0 Å². The van der Waals surface area contributed by atoms with E-state index >= 15 is 0 Å². The Morgan fingerprint density at radius 1 is 1.33 bits per heavy atom. The van der Waals surface area contributed by atoms with Crippen LogP contribution in [0.25, 0.3) is 0 Å². The SMILES string of the molecule is CNS(=O)(=O)O[C@H](C)[C@H](O)c1c(Cl)cccc1Cl. The summed E-state index contributed by atoms with van der Waals surface area (Å²) in [5.74, 6) is 0. The zero-order valence-corrected chi connectivity index (χ0v) is 12.1. The Morgan fingerprint density at radius 3 is 2.28 bits per heavy atom. The van der Waals surface area contributed by atoms with Gasteiger partial charge in [-0.1, -0.05) is 29.3 Å². The molecule has 1 aromatic carbocycles. The van der Waals surface area contributed by atoms with Gasteiger partial charge in [-0.25, -0.2) is 0 Å². The second-order valence-corrected chi connectivity index (χ2v) is 5.86. The molecular formula is C10H13Cl2NO4S. The highest BCUT2D eigenvalue weighted by molar-refractivity contribution is 7.84. The molecule has 0 spiro atoms. The maximum absolute atomic E-state index is 11.2. The molecule has 0 bridgehead atoms. The molecule has 0 heterocycles. The van der Waals surface area contributed by atoms with Gasteiger partial charge in [-0.2, -0.15) is 13.1 Å². The van der Waals surface area contributed by atoms with E-state index in [1.54, 1.807) is 18.2 Å². The number of hydrogen-bond acceptors (Lipinski definition) is 4. The van der Waals surface area contributed by atoms with E-state index in [-0.39, 0.29) is 15.6 Å². The lowest BCUT2D eigenvalue weighted by atomic mass is 10.1. The second kappa shape index (κ2) is 6.18. The average Bonchev–Trinajstić information content (AvgIpc) is 2.28. The summed E-state index contributed by atoms with van der Waals surface area (Å²) in [5.41, 5.74) is 0.236. The molecule has 1 rings (SSSR count). The Hall–Kier alpha value is -0.370. The maximum Gasteiger partial charge on any atom is 0.335 e. The Morgan fingerprint density at radius 2 is 1.83 bits per heavy atom. The predicted octanol–water partition coefficient (Wildman–Crippen LogP) is 1.90. The minimum atomic E-state index is -3.89. The third kappa shape index (κ3) is 3.81. The lowest BCUT2D eigenvalue weighted by Gasteiger charge is -2.20. The van der Waals surface area contributed by atoms with Crippen molar-refractivity contribution in [1.82, 2.24) is 4.72 Å². The molecule has 0 aromatic heterocycles. The van der Waals surface area contributed by atoms with E-state index in [1.165, 1.54) is 14.0 Å². The fraction of sp³-hybridized carbons (Fsp3) is 0.400. The third-order valence-corrected chi connectivity index (χ3v) is 3.98. The van der Waals surface area contributed by atoms with Crippen LogP contribution < -0.4 is 4.72 Å². The maximum atomic E-state index is 11.2. The highest BCUT2D eigenvalue weighted by atomic mass is 35.5. The molecule has 5 nitrogen and oxygen atoms in total. The Labute approximate surface area is 116 Å². The Balaban J connectivity index is 2.97. The largest absolute Gasteiger partial charge is 0.386 e. The average molecular weight is 314 g/mol. The molecule has 18 heavy (non-hydrogen) atoms. The molecule has 0 unspecified atom stereocenters. The van der Waals surface area contributed by atoms with E-state index in [9.17, 15) is 13.5 Å². The normalized spacial score (nSPS) is 15.4. The van der Waals surface area contributed by atoms with Crippen LogP contribution >= 0.6 is 23.2 Å². The summed E-state index contributed by atoms with van der Waals surface area (Å²) in [7, 11) is -2.69. The molecule has 8 heteroatoms. The summed E-state index contributed by atoms with van der Waals surface area (Å²) in [4.78, 5) is 0. The lowest BCUT2D eigenvalue weighted by molar-refractivity contribution is 0.0500. The fourth-order valence-electron chi connectivity index (χ4n) is 1.33. The van der Waals surface area contributed by atoms with Gasteiger partial charge >= 0.3 is 10.3 Å². The smallest absolute Gasteiger partial charge is 0.335 e. The molecule has 0 aliphatic heterocycles. The first-order chi connectivity index (χ1) is 8.28. The molecule has 2 N–H and O–H groups in total. The molecule has 0 fully saturated rings. The number of halogens is 2. The van der Waals surface area contributed by atoms with Gasteiger partial charge in [0.2, 0.25) is 0 Å². The number of benzene rings is 1. The predicted molar refractivity (Wildman–Crippen MR) is 69.9 cm³/mol. The quantitative estimate of drug-likeness (QED) is 0.870. The third-order valence-electron chi connectivity index (χ3n) is 2.27. The first kappa shape index (κ1) is 15.7. The van der Waals surface area contributed by atoms with Crippen LogP contribution in [-0.2, 0) is 14.5 Å². The van der Waals surface area contributed by atoms with Gasteiger partial charge in [0.25, 0.3) is 0 Å². The molecule has 102 valence electrons. The fourth-order valence-corrected chi connectivity index (χ4v) is 2.55. The number of rotatable bonds is 5. The van der Waals surface area contributed by atoms with Crippen LogP contribution in [0.1, 0.15) is 18.6 Å². The Bertz CT molecular complexity index is 500. The number of aliphatic hydroxyl groups excluding tert-OH is 1. The monoisotopic (exact) mass is 313 g/mol.